The van der Waals surface area contributed by atoms with Gasteiger partial charge in [0.05, 0.1) is 0 Å². The lowest BCUT2D eigenvalue weighted by atomic mass is 10.1. The molecular weight excluding hydrogens is 316 g/mol. The molecule has 0 saturated carbocycles. The highest BCUT2D eigenvalue weighted by atomic mass is 31.1. The Labute approximate surface area is 128 Å². The molecule has 0 rings (SSSR count). The van der Waals surface area contributed by atoms with E-state index in [1.54, 1.807) is 0 Å². The molecular formula is C12H27NO6P2+2. The first-order valence-corrected chi connectivity index (χ1v) is 9.41. The van der Waals surface area contributed by atoms with Crippen LogP contribution in [0.15, 0.2) is 0 Å². The number of nitrogens with zero attached hydrogens (tertiary/aromatic N) is 1. The van der Waals surface area contributed by atoms with Gasteiger partial charge in [-0.15, -0.1) is 9.79 Å². The van der Waals surface area contributed by atoms with E-state index in [1.165, 1.54) is 6.92 Å². The molecule has 0 spiro atoms. The van der Waals surface area contributed by atoms with Crippen molar-refractivity contribution in [3.63, 3.8) is 0 Å². The van der Waals surface area contributed by atoms with Crippen molar-refractivity contribution in [1.29, 1.82) is 0 Å². The molecule has 0 aromatic rings. The number of hydrogen-bond donors (Lipinski definition) is 2. The fraction of sp³-hybridized carbons (Fsp3) is 1.00. The first-order chi connectivity index (χ1) is 9.70. The Morgan fingerprint density at radius 3 is 2.00 bits per heavy atom. The van der Waals surface area contributed by atoms with Gasteiger partial charge in [0.2, 0.25) is 0 Å². The van der Waals surface area contributed by atoms with E-state index >= 15 is 0 Å². The molecule has 0 aromatic heterocycles. The van der Waals surface area contributed by atoms with Gasteiger partial charge in [-0.2, -0.15) is 0 Å². The normalized spacial score (nSPS) is 16.2. The SMILES string of the molecule is CCCCCN(CCC(C)(O[P+](=O)O)O[P+](=O)O)C(C)C. The van der Waals surface area contributed by atoms with Gasteiger partial charge in [0, 0.05) is 28.1 Å². The summed E-state index contributed by atoms with van der Waals surface area (Å²) in [6, 6.07) is 0.303. The molecule has 7 nitrogen and oxygen atoms in total. The first-order valence-electron chi connectivity index (χ1n) is 7.14. The van der Waals surface area contributed by atoms with Gasteiger partial charge in [0.25, 0.3) is 5.79 Å². The van der Waals surface area contributed by atoms with E-state index in [-0.39, 0.29) is 6.42 Å². The minimum Gasteiger partial charge on any atom is -0.301 e. The maximum Gasteiger partial charge on any atom is 0.697 e. The predicted molar refractivity (Wildman–Crippen MR) is 81.1 cm³/mol. The van der Waals surface area contributed by atoms with Crippen molar-refractivity contribution in [3.05, 3.63) is 0 Å². The fourth-order valence-corrected chi connectivity index (χ4v) is 2.95. The molecule has 2 unspecified atom stereocenters. The summed E-state index contributed by atoms with van der Waals surface area (Å²) in [6.07, 6.45) is 3.56. The molecule has 0 aromatic carbocycles. The van der Waals surface area contributed by atoms with E-state index in [9.17, 15) is 9.13 Å². The lowest BCUT2D eigenvalue weighted by Crippen LogP contribution is -2.38. The van der Waals surface area contributed by atoms with E-state index < -0.39 is 22.3 Å². The summed E-state index contributed by atoms with van der Waals surface area (Å²) in [4.78, 5) is 19.9. The highest BCUT2D eigenvalue weighted by Crippen LogP contribution is 2.36. The smallest absolute Gasteiger partial charge is 0.301 e. The van der Waals surface area contributed by atoms with E-state index in [1.807, 2.05) is 0 Å². The second-order valence-electron chi connectivity index (χ2n) is 5.38. The zero-order chi connectivity index (χ0) is 16.5. The molecule has 21 heavy (non-hydrogen) atoms. The van der Waals surface area contributed by atoms with Crippen molar-refractivity contribution in [3.8, 4) is 0 Å². The maximum atomic E-state index is 10.8. The van der Waals surface area contributed by atoms with Crippen LogP contribution in [0.5, 0.6) is 0 Å². The Morgan fingerprint density at radius 1 is 1.10 bits per heavy atom. The van der Waals surface area contributed by atoms with Gasteiger partial charge in [-0.3, -0.25) is 0 Å². The third-order valence-corrected chi connectivity index (χ3v) is 4.26. The molecule has 0 saturated heterocycles. The monoisotopic (exact) mass is 343 g/mol. The molecule has 0 aliphatic carbocycles. The third-order valence-electron chi connectivity index (χ3n) is 3.17. The van der Waals surface area contributed by atoms with Crippen LogP contribution in [0.25, 0.3) is 0 Å². The van der Waals surface area contributed by atoms with Gasteiger partial charge in [0.1, 0.15) is 0 Å². The second kappa shape index (κ2) is 10.7. The Hall–Kier alpha value is -0.0000000000000000763. The van der Waals surface area contributed by atoms with Crippen molar-refractivity contribution < 1.29 is 28.0 Å². The molecule has 2 N–H and O–H groups in total. The molecule has 0 heterocycles. The van der Waals surface area contributed by atoms with Crippen LogP contribution >= 0.6 is 16.5 Å². The average Bonchev–Trinajstić information content (AvgIpc) is 2.30. The van der Waals surface area contributed by atoms with E-state index in [4.69, 9.17) is 18.8 Å². The van der Waals surface area contributed by atoms with Crippen LogP contribution in [0.2, 0.25) is 0 Å². The molecule has 9 heteroatoms. The number of unbranched alkanes of at least 4 members (excludes halogenated alkanes) is 2. The molecule has 2 atom stereocenters. The van der Waals surface area contributed by atoms with Gasteiger partial charge in [-0.05, 0) is 33.7 Å². The highest BCUT2D eigenvalue weighted by molar-refractivity contribution is 7.33. The molecule has 0 aliphatic heterocycles. The molecule has 124 valence electrons. The Morgan fingerprint density at radius 2 is 1.62 bits per heavy atom. The van der Waals surface area contributed by atoms with Crippen molar-refractivity contribution in [2.24, 2.45) is 0 Å². The van der Waals surface area contributed by atoms with Crippen LogP contribution in [0.1, 0.15) is 53.4 Å². The Bertz CT molecular complexity index is 324. The molecule has 0 fully saturated rings. The summed E-state index contributed by atoms with van der Waals surface area (Å²) < 4.78 is 31.2. The molecule has 0 bridgehead atoms. The van der Waals surface area contributed by atoms with E-state index in [0.29, 0.717) is 12.6 Å². The second-order valence-corrected chi connectivity index (χ2v) is 6.70. The largest absolute Gasteiger partial charge is 0.697 e. The standard InChI is InChI=1S/C12H25NO6P2/c1-5-6-7-9-13(11(2)3)10-8-12(4,18-20(14)15)19-21(16)17/h11H,5-10H2,1-4H3/p+2. The maximum absolute atomic E-state index is 10.8. The average molecular weight is 343 g/mol. The Balaban J connectivity index is 4.59. The Kier molecular flexibility index (Phi) is 10.7. The topological polar surface area (TPSA) is 96.3 Å². The molecule has 0 radical (unpaired) electrons. The zero-order valence-electron chi connectivity index (χ0n) is 13.2. The van der Waals surface area contributed by atoms with E-state index in [2.05, 4.69) is 25.7 Å². The molecule has 0 amide bonds. The van der Waals surface area contributed by atoms with Crippen LogP contribution in [0.3, 0.4) is 0 Å². The van der Waals surface area contributed by atoms with Gasteiger partial charge >= 0.3 is 16.5 Å². The van der Waals surface area contributed by atoms with Crippen molar-refractivity contribution >= 4 is 16.5 Å². The van der Waals surface area contributed by atoms with Gasteiger partial charge in [-0.25, -0.2) is 0 Å². The lowest BCUT2D eigenvalue weighted by Gasteiger charge is -2.28. The summed E-state index contributed by atoms with van der Waals surface area (Å²) in [5.41, 5.74) is 0. The highest BCUT2D eigenvalue weighted by Gasteiger charge is 2.45. The third kappa shape index (κ3) is 10.4. The van der Waals surface area contributed by atoms with Crippen LogP contribution in [-0.2, 0) is 18.2 Å². The number of rotatable bonds is 12. The summed E-state index contributed by atoms with van der Waals surface area (Å²) in [7, 11) is -5.82. The van der Waals surface area contributed by atoms with Gasteiger partial charge < -0.3 is 4.90 Å². The lowest BCUT2D eigenvalue weighted by molar-refractivity contribution is -0.109. The van der Waals surface area contributed by atoms with Crippen molar-refractivity contribution in [2.45, 2.75) is 65.2 Å². The summed E-state index contributed by atoms with van der Waals surface area (Å²) >= 11 is 0. The van der Waals surface area contributed by atoms with Crippen LogP contribution in [0, 0.1) is 0 Å². The van der Waals surface area contributed by atoms with Crippen LogP contribution in [0.4, 0.5) is 0 Å². The van der Waals surface area contributed by atoms with Gasteiger partial charge in [-0.1, -0.05) is 28.8 Å². The number of hydrogen-bond acceptors (Lipinski definition) is 5. The van der Waals surface area contributed by atoms with Crippen molar-refractivity contribution in [2.75, 3.05) is 13.1 Å². The summed E-state index contributed by atoms with van der Waals surface area (Å²) in [5.74, 6) is -1.55. The minimum atomic E-state index is -2.91. The fourth-order valence-electron chi connectivity index (χ4n) is 1.98. The first kappa shape index (κ1) is 21.0. The van der Waals surface area contributed by atoms with Crippen LogP contribution in [-0.4, -0.2) is 39.6 Å². The molecule has 0 aliphatic rings. The summed E-state index contributed by atoms with van der Waals surface area (Å²) in [5, 5.41) is 0. The zero-order valence-corrected chi connectivity index (χ0v) is 15.0. The summed E-state index contributed by atoms with van der Waals surface area (Å²) in [6.45, 7) is 9.09. The van der Waals surface area contributed by atoms with E-state index in [0.717, 1.165) is 25.8 Å². The van der Waals surface area contributed by atoms with Crippen molar-refractivity contribution in [1.82, 2.24) is 4.90 Å². The minimum absolute atomic E-state index is 0.223. The van der Waals surface area contributed by atoms with Gasteiger partial charge in [0.15, 0.2) is 0 Å². The predicted octanol–water partition coefficient (Wildman–Crippen LogP) is 3.33. The quantitative estimate of drug-likeness (QED) is 0.319. The van der Waals surface area contributed by atoms with Crippen LogP contribution < -0.4 is 0 Å².